The minimum Gasteiger partial charge on any atom is -0.303 e. The molecule has 4 fully saturated rings. The molecular weight excluding hydrogens is 340 g/mol. The summed E-state index contributed by atoms with van der Waals surface area (Å²) in [5.74, 6) is 4.21. The molecule has 4 aliphatic rings. The van der Waals surface area contributed by atoms with Crippen molar-refractivity contribution in [2.75, 3.05) is 39.3 Å². The van der Waals surface area contributed by atoms with Crippen LogP contribution in [0.25, 0.3) is 0 Å². The van der Waals surface area contributed by atoms with Crippen molar-refractivity contribution in [3.63, 3.8) is 0 Å². The van der Waals surface area contributed by atoms with Crippen LogP contribution in [0.4, 0.5) is 0 Å². The summed E-state index contributed by atoms with van der Waals surface area (Å²) in [5, 5.41) is 0. The topological polar surface area (TPSA) is 6.48 Å². The van der Waals surface area contributed by atoms with Crippen LogP contribution in [0.3, 0.4) is 0 Å². The highest BCUT2D eigenvalue weighted by Gasteiger charge is 2.30. The molecule has 2 aliphatic carbocycles. The Bertz CT molecular complexity index is 368. The molecule has 0 aromatic carbocycles. The molecule has 2 heteroatoms. The molecule has 0 N–H and O–H groups in total. The zero-order chi connectivity index (χ0) is 19.0. The first-order valence-corrected chi connectivity index (χ1v) is 13.3. The molecule has 0 aromatic heterocycles. The van der Waals surface area contributed by atoms with Gasteiger partial charge in [0, 0.05) is 0 Å². The molecule has 2 saturated heterocycles. The van der Waals surface area contributed by atoms with Gasteiger partial charge in [-0.25, -0.2) is 0 Å². The summed E-state index contributed by atoms with van der Waals surface area (Å²) in [6, 6.07) is 0. The van der Waals surface area contributed by atoms with Gasteiger partial charge in [-0.1, -0.05) is 64.2 Å². The van der Waals surface area contributed by atoms with Crippen molar-refractivity contribution >= 4 is 0 Å². The lowest BCUT2D eigenvalue weighted by Gasteiger charge is -2.41. The van der Waals surface area contributed by atoms with Gasteiger partial charge in [0.05, 0.1) is 0 Å². The van der Waals surface area contributed by atoms with E-state index in [1.165, 1.54) is 142 Å². The molecule has 0 aromatic rings. The molecule has 2 heterocycles. The van der Waals surface area contributed by atoms with Gasteiger partial charge in [0.2, 0.25) is 0 Å². The molecular formula is C26H48N2. The molecule has 0 bridgehead atoms. The molecule has 4 rings (SSSR count). The fraction of sp³-hybridized carbons (Fsp3) is 1.00. The largest absolute Gasteiger partial charge is 0.303 e. The number of hydrogen-bond donors (Lipinski definition) is 0. The Labute approximate surface area is 175 Å². The minimum absolute atomic E-state index is 1.05. The third kappa shape index (κ3) is 6.46. The second-order valence-corrected chi connectivity index (χ2v) is 10.9. The van der Waals surface area contributed by atoms with Gasteiger partial charge in [0.1, 0.15) is 0 Å². The molecule has 28 heavy (non-hydrogen) atoms. The lowest BCUT2D eigenvalue weighted by atomic mass is 9.78. The standard InChI is InChI=1S/C26H48N2/c1-3-7-23(8-4-1)11-17-27-19-13-25(14-20-27)26-15-21-28(22-16-26)18-12-24-9-5-2-6-10-24/h23-26H,1-22H2. The fourth-order valence-electron chi connectivity index (χ4n) is 6.98. The Morgan fingerprint density at radius 3 is 1.14 bits per heavy atom. The first kappa shape index (κ1) is 21.2. The van der Waals surface area contributed by atoms with Crippen LogP contribution in [-0.2, 0) is 0 Å². The van der Waals surface area contributed by atoms with Crippen LogP contribution in [0.5, 0.6) is 0 Å². The quantitative estimate of drug-likeness (QED) is 0.501. The first-order valence-electron chi connectivity index (χ1n) is 13.3. The average Bonchev–Trinajstić information content (AvgIpc) is 2.78. The van der Waals surface area contributed by atoms with Crippen LogP contribution in [0.1, 0.15) is 103 Å². The van der Waals surface area contributed by atoms with E-state index < -0.39 is 0 Å². The van der Waals surface area contributed by atoms with Crippen LogP contribution in [-0.4, -0.2) is 49.1 Å². The van der Waals surface area contributed by atoms with Gasteiger partial charge < -0.3 is 9.80 Å². The Morgan fingerprint density at radius 2 is 0.786 bits per heavy atom. The second kappa shape index (κ2) is 11.3. The number of hydrogen-bond acceptors (Lipinski definition) is 2. The molecule has 0 spiro atoms. The van der Waals surface area contributed by atoms with Crippen LogP contribution >= 0.6 is 0 Å². The summed E-state index contributed by atoms with van der Waals surface area (Å²) in [7, 11) is 0. The lowest BCUT2D eigenvalue weighted by Crippen LogP contribution is -2.41. The first-order chi connectivity index (χ1) is 13.9. The third-order valence-electron chi connectivity index (χ3n) is 9.09. The maximum atomic E-state index is 2.81. The molecule has 0 amide bonds. The number of nitrogens with zero attached hydrogens (tertiary/aromatic N) is 2. The Balaban J connectivity index is 1.08. The van der Waals surface area contributed by atoms with Crippen LogP contribution in [0.15, 0.2) is 0 Å². The van der Waals surface area contributed by atoms with Crippen molar-refractivity contribution in [3.05, 3.63) is 0 Å². The molecule has 2 nitrogen and oxygen atoms in total. The van der Waals surface area contributed by atoms with Gasteiger partial charge in [-0.05, 0) is 101 Å². The number of rotatable bonds is 7. The summed E-state index contributed by atoms with van der Waals surface area (Å²) in [5.41, 5.74) is 0. The van der Waals surface area contributed by atoms with E-state index in [0.29, 0.717) is 0 Å². The predicted molar refractivity (Wildman–Crippen MR) is 121 cm³/mol. The summed E-state index contributed by atoms with van der Waals surface area (Å²) < 4.78 is 0. The van der Waals surface area contributed by atoms with Crippen LogP contribution in [0, 0.1) is 23.7 Å². The monoisotopic (exact) mass is 388 g/mol. The van der Waals surface area contributed by atoms with Crippen LogP contribution in [0.2, 0.25) is 0 Å². The molecule has 0 radical (unpaired) electrons. The third-order valence-corrected chi connectivity index (χ3v) is 9.09. The maximum Gasteiger partial charge on any atom is -0.00160 e. The highest BCUT2D eigenvalue weighted by atomic mass is 15.1. The molecule has 0 atom stereocenters. The SMILES string of the molecule is C1CCC(CCN2CCC(C3CCN(CCC4CCCCC4)CC3)CC2)CC1. The van der Waals surface area contributed by atoms with E-state index in [-0.39, 0.29) is 0 Å². The highest BCUT2D eigenvalue weighted by molar-refractivity contribution is 4.83. The molecule has 2 aliphatic heterocycles. The van der Waals surface area contributed by atoms with Gasteiger partial charge in [-0.15, -0.1) is 0 Å². The van der Waals surface area contributed by atoms with Crippen LogP contribution < -0.4 is 0 Å². The fourth-order valence-corrected chi connectivity index (χ4v) is 6.98. The van der Waals surface area contributed by atoms with E-state index in [9.17, 15) is 0 Å². The summed E-state index contributed by atoms with van der Waals surface area (Å²) >= 11 is 0. The highest BCUT2D eigenvalue weighted by Crippen LogP contribution is 2.34. The zero-order valence-electron chi connectivity index (χ0n) is 18.8. The maximum absolute atomic E-state index is 2.81. The van der Waals surface area contributed by atoms with E-state index >= 15 is 0 Å². The number of piperidine rings is 2. The van der Waals surface area contributed by atoms with Crippen molar-refractivity contribution in [1.82, 2.24) is 9.80 Å². The van der Waals surface area contributed by atoms with Gasteiger partial charge in [-0.3, -0.25) is 0 Å². The van der Waals surface area contributed by atoms with Crippen molar-refractivity contribution in [3.8, 4) is 0 Å². The Kier molecular flexibility index (Phi) is 8.58. The second-order valence-electron chi connectivity index (χ2n) is 10.9. The van der Waals surface area contributed by atoms with Gasteiger partial charge in [-0.2, -0.15) is 0 Å². The smallest absolute Gasteiger partial charge is 0.00160 e. The minimum atomic E-state index is 1.05. The van der Waals surface area contributed by atoms with E-state index in [4.69, 9.17) is 0 Å². The Morgan fingerprint density at radius 1 is 0.429 bits per heavy atom. The Hall–Kier alpha value is -0.0800. The molecule has 162 valence electrons. The van der Waals surface area contributed by atoms with Gasteiger partial charge in [0.25, 0.3) is 0 Å². The summed E-state index contributed by atoms with van der Waals surface area (Å²) in [6.45, 7) is 8.41. The number of likely N-dealkylation sites (tertiary alicyclic amines) is 2. The lowest BCUT2D eigenvalue weighted by molar-refractivity contribution is 0.0895. The van der Waals surface area contributed by atoms with E-state index in [0.717, 1.165) is 23.7 Å². The van der Waals surface area contributed by atoms with E-state index in [2.05, 4.69) is 9.80 Å². The van der Waals surface area contributed by atoms with Gasteiger partial charge >= 0.3 is 0 Å². The zero-order valence-corrected chi connectivity index (χ0v) is 18.8. The van der Waals surface area contributed by atoms with Crippen molar-refractivity contribution < 1.29 is 0 Å². The van der Waals surface area contributed by atoms with Crippen molar-refractivity contribution in [2.24, 2.45) is 23.7 Å². The summed E-state index contributed by atoms with van der Waals surface area (Å²) in [4.78, 5) is 5.62. The summed E-state index contributed by atoms with van der Waals surface area (Å²) in [6.07, 6.45) is 24.1. The molecule has 2 saturated carbocycles. The van der Waals surface area contributed by atoms with E-state index in [1.54, 1.807) is 0 Å². The average molecular weight is 389 g/mol. The predicted octanol–water partition coefficient (Wildman–Crippen LogP) is 6.35. The van der Waals surface area contributed by atoms with Gasteiger partial charge in [0.15, 0.2) is 0 Å². The normalized spacial score (nSPS) is 28.7. The van der Waals surface area contributed by atoms with Crippen molar-refractivity contribution in [1.29, 1.82) is 0 Å². The van der Waals surface area contributed by atoms with Crippen molar-refractivity contribution in [2.45, 2.75) is 103 Å². The molecule has 0 unspecified atom stereocenters. The van der Waals surface area contributed by atoms with E-state index in [1.807, 2.05) is 0 Å².